The molecule has 0 aromatic heterocycles. The summed E-state index contributed by atoms with van der Waals surface area (Å²) < 4.78 is 20.3. The molecule has 1 aromatic carbocycles. The predicted molar refractivity (Wildman–Crippen MR) is 169 cm³/mol. The van der Waals surface area contributed by atoms with Crippen LogP contribution < -0.4 is 4.74 Å². The summed E-state index contributed by atoms with van der Waals surface area (Å²) in [6.07, 6.45) is 9.46. The molecule has 0 radical (unpaired) electrons. The number of carbonyl (C=O) groups is 2. The molecular weight excluding hydrogens is 555 g/mol. The highest BCUT2D eigenvalue weighted by molar-refractivity contribution is 5.96. The molecule has 5 aliphatic rings. The van der Waals surface area contributed by atoms with Crippen molar-refractivity contribution in [3.8, 4) is 5.75 Å². The highest BCUT2D eigenvalue weighted by Gasteiger charge is 2.70. The van der Waals surface area contributed by atoms with E-state index in [9.17, 15) is 19.8 Å². The summed E-state index contributed by atoms with van der Waals surface area (Å²) in [4.78, 5) is 27.1. The van der Waals surface area contributed by atoms with Crippen LogP contribution >= 0.6 is 0 Å². The molecule has 240 valence electrons. The zero-order valence-corrected chi connectivity index (χ0v) is 27.9. The van der Waals surface area contributed by atoms with Gasteiger partial charge in [-0.1, -0.05) is 53.2 Å². The van der Waals surface area contributed by atoms with Crippen molar-refractivity contribution < 1.29 is 28.9 Å². The van der Waals surface area contributed by atoms with Crippen molar-refractivity contribution in [1.82, 2.24) is 0 Å². The quantitative estimate of drug-likeness (QED) is 0.362. The van der Waals surface area contributed by atoms with Crippen molar-refractivity contribution in [3.05, 3.63) is 46.8 Å². The number of benzene rings is 1. The number of aliphatic carboxylic acids is 1. The van der Waals surface area contributed by atoms with Crippen LogP contribution in [0.25, 0.3) is 6.08 Å². The number of rotatable bonds is 3. The fourth-order valence-electron chi connectivity index (χ4n) is 11.5. The second-order valence-electron chi connectivity index (χ2n) is 17.1. The molecule has 0 unspecified atom stereocenters. The second kappa shape index (κ2) is 9.77. The molecule has 44 heavy (non-hydrogen) atoms. The van der Waals surface area contributed by atoms with E-state index in [1.54, 1.807) is 18.2 Å². The molecule has 6 rings (SSSR count). The maximum Gasteiger partial charge on any atom is 0.309 e. The number of fused-ring (bicyclic) bond motifs is 7. The Morgan fingerprint density at radius 3 is 2.34 bits per heavy atom. The van der Waals surface area contributed by atoms with Crippen molar-refractivity contribution in [2.45, 2.75) is 106 Å². The molecule has 0 bridgehead atoms. The van der Waals surface area contributed by atoms with E-state index >= 15 is 4.39 Å². The lowest BCUT2D eigenvalue weighted by atomic mass is 9.33. The summed E-state index contributed by atoms with van der Waals surface area (Å²) in [5, 5.41) is 21.9. The normalized spacial score (nSPS) is 45.4. The molecule has 6 heteroatoms. The Balaban J connectivity index is 1.46. The Morgan fingerprint density at radius 1 is 1.02 bits per heavy atom. The van der Waals surface area contributed by atoms with E-state index in [4.69, 9.17) is 4.74 Å². The van der Waals surface area contributed by atoms with Crippen molar-refractivity contribution in [2.75, 3.05) is 7.11 Å². The number of hydrogen-bond donors (Lipinski definition) is 2. The van der Waals surface area contributed by atoms with Gasteiger partial charge in [-0.3, -0.25) is 9.59 Å². The van der Waals surface area contributed by atoms with E-state index in [0.29, 0.717) is 30.6 Å². The Hall–Kier alpha value is -2.47. The number of methoxy groups -OCH3 is 1. The van der Waals surface area contributed by atoms with Crippen molar-refractivity contribution in [1.29, 1.82) is 0 Å². The van der Waals surface area contributed by atoms with Gasteiger partial charge in [0.25, 0.3) is 0 Å². The van der Waals surface area contributed by atoms with Crippen LogP contribution in [0, 0.1) is 56.1 Å². The van der Waals surface area contributed by atoms with Crippen LogP contribution in [0.5, 0.6) is 5.75 Å². The largest absolute Gasteiger partial charge is 0.497 e. The minimum Gasteiger partial charge on any atom is -0.497 e. The number of allylic oxidation sites excluding steroid dienone is 2. The number of halogens is 1. The molecule has 2 N–H and O–H groups in total. The first kappa shape index (κ1) is 31.5. The number of carboxylic acids is 1. The van der Waals surface area contributed by atoms with Crippen LogP contribution in [-0.4, -0.2) is 35.2 Å². The topological polar surface area (TPSA) is 83.8 Å². The summed E-state index contributed by atoms with van der Waals surface area (Å²) in [7, 11) is 1.51. The molecular formula is C38H51FO5. The van der Waals surface area contributed by atoms with Gasteiger partial charge >= 0.3 is 5.97 Å². The number of hydrogen-bond acceptors (Lipinski definition) is 4. The number of aliphatic hydroxyl groups excluding tert-OH is 1. The van der Waals surface area contributed by atoms with Crippen LogP contribution in [0.3, 0.4) is 0 Å². The molecule has 0 amide bonds. The lowest BCUT2D eigenvalue weighted by Gasteiger charge is -2.70. The van der Waals surface area contributed by atoms with Gasteiger partial charge in [0, 0.05) is 17.5 Å². The van der Waals surface area contributed by atoms with Gasteiger partial charge in [-0.25, -0.2) is 4.39 Å². The van der Waals surface area contributed by atoms with Crippen LogP contribution in [0.1, 0.15) is 105 Å². The molecule has 0 heterocycles. The molecule has 0 aliphatic heterocycles. The zero-order valence-electron chi connectivity index (χ0n) is 27.9. The second-order valence-corrected chi connectivity index (χ2v) is 17.1. The smallest absolute Gasteiger partial charge is 0.309 e. The SMILES string of the molecule is COc1ccc(/C=C2\C[C@]3(C)[C@H]4C(=O)C=C5[C@@H]6C[C@@](C)(C(=O)O)CC[C@]6(C)CC[C@@]5(C)[C@]4(C)CC[C@H]3C(C)(C)[C@H]2O)c(F)c1. The van der Waals surface area contributed by atoms with Crippen LogP contribution in [-0.2, 0) is 9.59 Å². The lowest BCUT2D eigenvalue weighted by Crippen LogP contribution is -2.67. The van der Waals surface area contributed by atoms with E-state index < -0.39 is 34.1 Å². The molecule has 1 aromatic rings. The Labute approximate surface area is 262 Å². The number of ether oxygens (including phenoxy) is 1. The number of aliphatic hydroxyl groups is 1. The summed E-state index contributed by atoms with van der Waals surface area (Å²) in [5.41, 5.74) is 0.103. The molecule has 0 spiro atoms. The Kier molecular flexibility index (Phi) is 6.99. The van der Waals surface area contributed by atoms with Crippen molar-refractivity contribution >= 4 is 17.8 Å². The predicted octanol–water partition coefficient (Wildman–Crippen LogP) is 8.25. The van der Waals surface area contributed by atoms with E-state index in [1.165, 1.54) is 18.7 Å². The molecule has 5 nitrogen and oxygen atoms in total. The minimum absolute atomic E-state index is 0.000167. The first-order valence-electron chi connectivity index (χ1n) is 16.6. The fraction of sp³-hybridized carbons (Fsp3) is 0.684. The third kappa shape index (κ3) is 4.11. The van der Waals surface area contributed by atoms with Gasteiger partial charge in [0.1, 0.15) is 11.6 Å². The molecule has 4 fully saturated rings. The molecule has 5 aliphatic carbocycles. The number of carbonyl (C=O) groups excluding carboxylic acids is 1. The zero-order chi connectivity index (χ0) is 32.3. The fourth-order valence-corrected chi connectivity index (χ4v) is 11.5. The van der Waals surface area contributed by atoms with Gasteiger partial charge in [-0.05, 0) is 121 Å². The van der Waals surface area contributed by atoms with Crippen molar-refractivity contribution in [3.63, 3.8) is 0 Å². The summed E-state index contributed by atoms with van der Waals surface area (Å²) in [6, 6.07) is 4.79. The van der Waals surface area contributed by atoms with Gasteiger partial charge in [-0.2, -0.15) is 0 Å². The van der Waals surface area contributed by atoms with Gasteiger partial charge in [0.15, 0.2) is 5.78 Å². The molecule has 4 saturated carbocycles. The van der Waals surface area contributed by atoms with E-state index in [0.717, 1.165) is 37.7 Å². The van der Waals surface area contributed by atoms with Crippen molar-refractivity contribution in [2.24, 2.45) is 50.2 Å². The average Bonchev–Trinajstić information content (AvgIpc) is 2.94. The first-order valence-corrected chi connectivity index (χ1v) is 16.6. The van der Waals surface area contributed by atoms with E-state index in [1.807, 2.05) is 13.0 Å². The van der Waals surface area contributed by atoms with Crippen LogP contribution in [0.4, 0.5) is 4.39 Å². The average molecular weight is 607 g/mol. The lowest BCUT2D eigenvalue weighted by molar-refractivity contribution is -0.191. The third-order valence-corrected chi connectivity index (χ3v) is 14.4. The highest BCUT2D eigenvalue weighted by atomic mass is 19.1. The number of carboxylic acid groups (broad SMARTS) is 1. The summed E-state index contributed by atoms with van der Waals surface area (Å²) in [5.74, 6) is -0.606. The van der Waals surface area contributed by atoms with E-state index in [-0.39, 0.29) is 39.8 Å². The maximum absolute atomic E-state index is 15.1. The maximum atomic E-state index is 15.1. The molecule has 9 atom stereocenters. The summed E-state index contributed by atoms with van der Waals surface area (Å²) >= 11 is 0. The Morgan fingerprint density at radius 2 is 1.70 bits per heavy atom. The van der Waals surface area contributed by atoms with Gasteiger partial charge in [-0.15, -0.1) is 0 Å². The first-order chi connectivity index (χ1) is 20.4. The van der Waals surface area contributed by atoms with Crippen LogP contribution in [0.2, 0.25) is 0 Å². The van der Waals surface area contributed by atoms with Gasteiger partial charge in [0.05, 0.1) is 18.6 Å². The number of ketones is 1. The molecule has 0 saturated heterocycles. The standard InChI is InChI=1S/C38H51FO5/c1-33(2)29-11-12-38(7)30(36(29,5)20-23(31(33)41)17-22-9-10-24(44-8)18-27(22)39)28(40)19-25-26-21-35(4,32(42)43)14-13-34(26,3)15-16-37(25,38)6/h9-10,17-19,26,29-31,41H,11-16,20-21H2,1-8H3,(H,42,43)/b23-17+/t26-,29-,30+,31-,34+,35-,36-,37+,38+/m0/s1. The van der Waals surface area contributed by atoms with Gasteiger partial charge in [0.2, 0.25) is 0 Å². The highest BCUT2D eigenvalue weighted by Crippen LogP contribution is 2.75. The summed E-state index contributed by atoms with van der Waals surface area (Å²) in [6.45, 7) is 15.4. The van der Waals surface area contributed by atoms with E-state index in [2.05, 4.69) is 41.5 Å². The minimum atomic E-state index is -0.784. The monoisotopic (exact) mass is 606 g/mol. The third-order valence-electron chi connectivity index (χ3n) is 14.4. The van der Waals surface area contributed by atoms with Gasteiger partial charge < -0.3 is 14.9 Å². The van der Waals surface area contributed by atoms with Crippen LogP contribution in [0.15, 0.2) is 35.4 Å². The Bertz CT molecular complexity index is 1480.